The standard InChI is InChI=1S/C34H30ClF3N10O3S/c35-21-8-19-28(27(38)26(21)18-2-3-22(37)29-25(18)20(10-39)30(40)52-29)43-32(51-14-34-4-1-5-46(34)11-17(36)9-34)44-31(19)45-12-23-24(13-45)50-7-6-47(23)33(49)48-16-41-15-42-48/h2-3,8,15-17,23-24H,1,4-7,9,11-14,40H2/t17-,23?,24?,34+/m1/s1. The van der Waals surface area contributed by atoms with Gasteiger partial charge in [-0.3, -0.25) is 4.90 Å². The highest BCUT2D eigenvalue weighted by atomic mass is 35.5. The summed E-state index contributed by atoms with van der Waals surface area (Å²) in [4.78, 5) is 32.3. The van der Waals surface area contributed by atoms with E-state index in [2.05, 4.69) is 20.0 Å². The lowest BCUT2D eigenvalue weighted by molar-refractivity contribution is -0.0295. The van der Waals surface area contributed by atoms with Crippen molar-refractivity contribution in [2.24, 2.45) is 0 Å². The summed E-state index contributed by atoms with van der Waals surface area (Å²) in [6.07, 6.45) is 3.21. The average molecular weight is 751 g/mol. The number of nitriles is 1. The van der Waals surface area contributed by atoms with Gasteiger partial charge in [0.05, 0.1) is 39.6 Å². The predicted molar refractivity (Wildman–Crippen MR) is 186 cm³/mol. The van der Waals surface area contributed by atoms with Gasteiger partial charge in [0.25, 0.3) is 0 Å². The molecule has 2 unspecified atom stereocenters. The van der Waals surface area contributed by atoms with Gasteiger partial charge in [-0.2, -0.15) is 25.0 Å². The third-order valence-electron chi connectivity index (χ3n) is 10.7. The van der Waals surface area contributed by atoms with E-state index in [0.29, 0.717) is 38.5 Å². The summed E-state index contributed by atoms with van der Waals surface area (Å²) < 4.78 is 60.3. The number of benzene rings is 2. The second-order valence-corrected chi connectivity index (χ2v) is 15.0. The number of anilines is 2. The number of nitrogen functional groups attached to an aromatic ring is 1. The van der Waals surface area contributed by atoms with Crippen molar-refractivity contribution >= 4 is 60.8 Å². The van der Waals surface area contributed by atoms with Gasteiger partial charge in [0.1, 0.15) is 53.7 Å². The van der Waals surface area contributed by atoms with Gasteiger partial charge in [0, 0.05) is 48.9 Å². The van der Waals surface area contributed by atoms with Gasteiger partial charge >= 0.3 is 12.0 Å². The Bertz CT molecular complexity index is 2300. The first-order valence-electron chi connectivity index (χ1n) is 16.8. The molecule has 0 spiro atoms. The second kappa shape index (κ2) is 12.4. The number of hydrogen-bond donors (Lipinski definition) is 1. The monoisotopic (exact) mass is 750 g/mol. The van der Waals surface area contributed by atoms with Gasteiger partial charge in [0.2, 0.25) is 0 Å². The van der Waals surface area contributed by atoms with Gasteiger partial charge in [-0.1, -0.05) is 17.7 Å². The molecule has 0 aliphatic carbocycles. The third-order valence-corrected chi connectivity index (χ3v) is 12.1. The van der Waals surface area contributed by atoms with Crippen molar-refractivity contribution in [3.05, 3.63) is 53.1 Å². The number of rotatable bonds is 5. The Labute approximate surface area is 303 Å². The van der Waals surface area contributed by atoms with E-state index < -0.39 is 35.5 Å². The Hall–Kier alpha value is -4.76. The number of nitrogens with two attached hydrogens (primary N) is 1. The molecule has 0 radical (unpaired) electrons. The first kappa shape index (κ1) is 33.1. The number of carbonyl (C=O) groups excluding carboxylic acids is 1. The molecule has 1 amide bonds. The number of hydrogen-bond acceptors (Lipinski definition) is 12. The van der Waals surface area contributed by atoms with E-state index in [1.807, 2.05) is 11.0 Å². The van der Waals surface area contributed by atoms with Crippen LogP contribution in [0.5, 0.6) is 6.01 Å². The highest BCUT2D eigenvalue weighted by Gasteiger charge is 2.50. The molecule has 4 fully saturated rings. The SMILES string of the molecule is N#Cc1c(N)sc2c(F)ccc(-c3c(Cl)cc4c(N5CC6OCCN(C(=O)n7cncn7)C6C5)nc(OC[C@@]56CCCN5C[C@H](F)C6)nc4c3F)c12. The summed E-state index contributed by atoms with van der Waals surface area (Å²) in [5, 5.41) is 14.4. The van der Waals surface area contributed by atoms with Crippen LogP contribution in [0.1, 0.15) is 24.8 Å². The Balaban J connectivity index is 1.17. The number of morpholine rings is 1. The lowest BCUT2D eigenvalue weighted by Crippen LogP contribution is -2.54. The van der Waals surface area contributed by atoms with Crippen LogP contribution in [0.25, 0.3) is 32.1 Å². The number of carbonyl (C=O) groups is 1. The number of nitrogens with zero attached hydrogens (tertiary/aromatic N) is 9. The summed E-state index contributed by atoms with van der Waals surface area (Å²) >= 11 is 7.78. The highest BCUT2D eigenvalue weighted by Crippen LogP contribution is 2.46. The topological polar surface area (TPSA) is 152 Å². The molecule has 4 atom stereocenters. The van der Waals surface area contributed by atoms with Gasteiger partial charge in [-0.05, 0) is 37.1 Å². The van der Waals surface area contributed by atoms with Crippen molar-refractivity contribution in [2.45, 2.75) is 43.1 Å². The fraction of sp³-hybridized carbons (Fsp3) is 0.412. The maximum atomic E-state index is 17.2. The van der Waals surface area contributed by atoms with Gasteiger partial charge in [-0.25, -0.2) is 22.9 Å². The average Bonchev–Trinajstić information content (AvgIpc) is 3.96. The van der Waals surface area contributed by atoms with E-state index in [1.165, 1.54) is 30.9 Å². The van der Waals surface area contributed by atoms with Gasteiger partial charge in [0.15, 0.2) is 5.82 Å². The minimum absolute atomic E-state index is 0.0187. The molecular weight excluding hydrogens is 721 g/mol. The van der Waals surface area contributed by atoms with Crippen LogP contribution in [0.4, 0.5) is 28.8 Å². The molecule has 52 heavy (non-hydrogen) atoms. The molecule has 7 heterocycles. The molecule has 268 valence electrons. The van der Waals surface area contributed by atoms with Crippen molar-refractivity contribution < 1.29 is 27.4 Å². The van der Waals surface area contributed by atoms with E-state index in [4.69, 9.17) is 31.8 Å². The zero-order valence-corrected chi connectivity index (χ0v) is 29.0. The Morgan fingerprint density at radius 3 is 2.90 bits per heavy atom. The van der Waals surface area contributed by atoms with Crippen molar-refractivity contribution in [2.75, 3.05) is 56.6 Å². The number of ether oxygens (including phenoxy) is 2. The van der Waals surface area contributed by atoms with Crippen LogP contribution in [0.2, 0.25) is 5.02 Å². The molecule has 4 aliphatic rings. The number of thiophene rings is 1. The second-order valence-electron chi connectivity index (χ2n) is 13.6. The molecule has 9 rings (SSSR count). The molecule has 5 aromatic rings. The van der Waals surface area contributed by atoms with Crippen molar-refractivity contribution in [1.29, 1.82) is 5.26 Å². The van der Waals surface area contributed by atoms with E-state index in [1.54, 1.807) is 4.90 Å². The van der Waals surface area contributed by atoms with Crippen LogP contribution in [0.3, 0.4) is 0 Å². The predicted octanol–water partition coefficient (Wildman–Crippen LogP) is 5.00. The molecule has 0 saturated carbocycles. The van der Waals surface area contributed by atoms with Crippen molar-refractivity contribution in [3.8, 4) is 23.2 Å². The van der Waals surface area contributed by atoms with Crippen LogP contribution in [0, 0.1) is 23.0 Å². The Morgan fingerprint density at radius 2 is 2.10 bits per heavy atom. The van der Waals surface area contributed by atoms with Crippen LogP contribution < -0.4 is 15.4 Å². The summed E-state index contributed by atoms with van der Waals surface area (Å²) in [7, 11) is 0. The molecule has 4 aliphatic heterocycles. The quantitative estimate of drug-likeness (QED) is 0.258. The van der Waals surface area contributed by atoms with Crippen LogP contribution >= 0.6 is 22.9 Å². The van der Waals surface area contributed by atoms with Crippen molar-refractivity contribution in [1.82, 2.24) is 34.5 Å². The lowest BCUT2D eigenvalue weighted by Gasteiger charge is -2.36. The Kier molecular flexibility index (Phi) is 7.92. The van der Waals surface area contributed by atoms with E-state index in [-0.39, 0.29) is 72.9 Å². The number of fused-ring (bicyclic) bond motifs is 4. The van der Waals surface area contributed by atoms with E-state index >= 15 is 4.39 Å². The molecule has 18 heteroatoms. The van der Waals surface area contributed by atoms with Crippen LogP contribution in [-0.4, -0.2) is 110 Å². The zero-order chi connectivity index (χ0) is 35.9. The molecule has 3 aromatic heterocycles. The largest absolute Gasteiger partial charge is 0.461 e. The molecule has 4 saturated heterocycles. The fourth-order valence-electron chi connectivity index (χ4n) is 8.41. The highest BCUT2D eigenvalue weighted by molar-refractivity contribution is 7.23. The summed E-state index contributed by atoms with van der Waals surface area (Å²) in [6.45, 7) is 2.40. The Morgan fingerprint density at radius 1 is 1.23 bits per heavy atom. The van der Waals surface area contributed by atoms with Gasteiger partial charge < -0.3 is 25.0 Å². The minimum Gasteiger partial charge on any atom is -0.461 e. The van der Waals surface area contributed by atoms with Crippen LogP contribution in [-0.2, 0) is 4.74 Å². The van der Waals surface area contributed by atoms with E-state index in [0.717, 1.165) is 35.4 Å². The van der Waals surface area contributed by atoms with Crippen molar-refractivity contribution in [3.63, 3.8) is 0 Å². The summed E-state index contributed by atoms with van der Waals surface area (Å²) in [5.74, 6) is -1.14. The molecule has 2 N–H and O–H groups in total. The lowest BCUT2D eigenvalue weighted by atomic mass is 9.95. The minimum atomic E-state index is -0.979. The summed E-state index contributed by atoms with van der Waals surface area (Å²) in [6, 6.07) is 5.23. The molecule has 2 aromatic carbocycles. The van der Waals surface area contributed by atoms with Gasteiger partial charge in [-0.15, -0.1) is 11.3 Å². The fourth-order valence-corrected chi connectivity index (χ4v) is 9.65. The smallest absolute Gasteiger partial charge is 0.346 e. The first-order valence-corrected chi connectivity index (χ1v) is 18.0. The van der Waals surface area contributed by atoms with Crippen LogP contribution in [0.15, 0.2) is 30.9 Å². The first-order chi connectivity index (χ1) is 25.2. The summed E-state index contributed by atoms with van der Waals surface area (Å²) in [5.41, 5.74) is 5.54. The maximum Gasteiger partial charge on any atom is 0.346 e. The van der Waals surface area contributed by atoms with E-state index in [9.17, 15) is 18.8 Å². The molecule has 0 bridgehead atoms. The number of halogens is 4. The molecular formula is C34H30ClF3N10O3S. The number of amides is 1. The maximum absolute atomic E-state index is 17.2. The number of alkyl halides is 1. The number of aromatic nitrogens is 5. The molecule has 13 nitrogen and oxygen atoms in total. The normalized spacial score (nSPS) is 24.5. The third kappa shape index (κ3) is 5.14. The zero-order valence-electron chi connectivity index (χ0n) is 27.4.